The molecule has 4 heteroatoms. The summed E-state index contributed by atoms with van der Waals surface area (Å²) in [6, 6.07) is 8.13. The molecular formula is C19H19N3O. The first-order chi connectivity index (χ1) is 11.2. The number of Topliss-reactive ketones (excluding diaryl/α,β-unsaturated/α-hetero) is 1. The first kappa shape index (κ1) is 13.3. The van der Waals surface area contributed by atoms with Crippen LogP contribution in [0.5, 0.6) is 0 Å². The number of H-pyrrole nitrogens is 1. The van der Waals surface area contributed by atoms with Crippen molar-refractivity contribution in [1.29, 1.82) is 5.26 Å². The number of aromatic nitrogens is 2. The molecule has 4 nitrogen and oxygen atoms in total. The van der Waals surface area contributed by atoms with E-state index in [1.54, 1.807) is 0 Å². The van der Waals surface area contributed by atoms with Crippen molar-refractivity contribution in [2.24, 2.45) is 29.6 Å². The normalized spacial score (nSPS) is 35.0. The van der Waals surface area contributed by atoms with Gasteiger partial charge in [0.25, 0.3) is 0 Å². The van der Waals surface area contributed by atoms with Crippen LogP contribution in [0.4, 0.5) is 0 Å². The Morgan fingerprint density at radius 2 is 2.09 bits per heavy atom. The molecule has 1 heterocycles. The second-order valence-electron chi connectivity index (χ2n) is 7.57. The molecule has 2 bridgehead atoms. The summed E-state index contributed by atoms with van der Waals surface area (Å²) in [6.07, 6.45) is 3.90. The van der Waals surface area contributed by atoms with Crippen LogP contribution in [-0.2, 0) is 4.79 Å². The van der Waals surface area contributed by atoms with E-state index in [-0.39, 0.29) is 11.7 Å². The predicted octanol–water partition coefficient (Wildman–Crippen LogP) is 3.34. The molecule has 3 fully saturated rings. The summed E-state index contributed by atoms with van der Waals surface area (Å²) in [5, 5.41) is 9.60. The molecule has 0 amide bonds. The van der Waals surface area contributed by atoms with E-state index in [0.717, 1.165) is 28.4 Å². The molecule has 1 aromatic carbocycles. The highest BCUT2D eigenvalue weighted by Crippen LogP contribution is 2.70. The minimum absolute atomic E-state index is 0.107. The second kappa shape index (κ2) is 4.44. The quantitative estimate of drug-likeness (QED) is 0.945. The average Bonchev–Trinajstić information content (AvgIpc) is 2.90. The Morgan fingerprint density at radius 1 is 1.35 bits per heavy atom. The molecule has 2 aromatic rings. The lowest BCUT2D eigenvalue weighted by Gasteiger charge is -2.10. The summed E-state index contributed by atoms with van der Waals surface area (Å²) in [5.74, 6) is 2.66. The molecule has 1 N–H and O–H groups in total. The number of benzene rings is 1. The number of para-hydroxylation sites is 1. The highest BCUT2D eigenvalue weighted by molar-refractivity contribution is 5.93. The van der Waals surface area contributed by atoms with Crippen molar-refractivity contribution in [2.45, 2.75) is 32.1 Å². The van der Waals surface area contributed by atoms with Gasteiger partial charge in [0.2, 0.25) is 0 Å². The van der Waals surface area contributed by atoms with Crippen LogP contribution in [0.2, 0.25) is 0 Å². The van der Waals surface area contributed by atoms with Crippen molar-refractivity contribution in [2.75, 3.05) is 0 Å². The van der Waals surface area contributed by atoms with Crippen molar-refractivity contribution in [3.05, 3.63) is 29.6 Å². The van der Waals surface area contributed by atoms with Crippen LogP contribution in [0.1, 0.15) is 36.6 Å². The van der Waals surface area contributed by atoms with E-state index in [1.807, 2.05) is 25.1 Å². The van der Waals surface area contributed by atoms with Crippen molar-refractivity contribution >= 4 is 16.8 Å². The molecule has 5 rings (SSSR count). The van der Waals surface area contributed by atoms with E-state index < -0.39 is 5.92 Å². The zero-order chi connectivity index (χ0) is 15.7. The lowest BCUT2D eigenvalue weighted by Crippen LogP contribution is -2.18. The van der Waals surface area contributed by atoms with Crippen LogP contribution in [0.15, 0.2) is 18.2 Å². The topological polar surface area (TPSA) is 69.5 Å². The zero-order valence-corrected chi connectivity index (χ0v) is 13.1. The maximum atomic E-state index is 12.9. The summed E-state index contributed by atoms with van der Waals surface area (Å²) in [5.41, 5.74) is 2.84. The number of rotatable bonds is 3. The Bertz CT molecular complexity index is 845. The largest absolute Gasteiger partial charge is 0.340 e. The van der Waals surface area contributed by atoms with Gasteiger partial charge >= 0.3 is 0 Å². The highest BCUT2D eigenvalue weighted by Gasteiger charge is 2.68. The van der Waals surface area contributed by atoms with Gasteiger partial charge in [0.15, 0.2) is 11.7 Å². The predicted molar refractivity (Wildman–Crippen MR) is 85.5 cm³/mol. The minimum atomic E-state index is -0.739. The molecule has 3 aliphatic rings. The van der Waals surface area contributed by atoms with E-state index >= 15 is 0 Å². The molecule has 0 spiro atoms. The number of hydrogen-bond acceptors (Lipinski definition) is 3. The molecule has 2 unspecified atom stereocenters. The minimum Gasteiger partial charge on any atom is -0.340 e. The van der Waals surface area contributed by atoms with Crippen molar-refractivity contribution in [1.82, 2.24) is 9.97 Å². The van der Waals surface area contributed by atoms with Gasteiger partial charge in [-0.15, -0.1) is 0 Å². The van der Waals surface area contributed by atoms with Gasteiger partial charge in [-0.25, -0.2) is 4.98 Å². The third-order valence-corrected chi connectivity index (χ3v) is 6.48. The fourth-order valence-corrected chi connectivity index (χ4v) is 5.49. The molecule has 3 saturated carbocycles. The molecule has 3 aliphatic carbocycles. The van der Waals surface area contributed by atoms with Gasteiger partial charge in [0.05, 0.1) is 17.1 Å². The summed E-state index contributed by atoms with van der Waals surface area (Å²) in [4.78, 5) is 20.7. The second-order valence-corrected chi connectivity index (χ2v) is 7.57. The van der Waals surface area contributed by atoms with Gasteiger partial charge in [-0.05, 0) is 61.5 Å². The van der Waals surface area contributed by atoms with Gasteiger partial charge in [0.1, 0.15) is 5.82 Å². The number of nitriles is 1. The maximum Gasteiger partial charge on any atom is 0.162 e. The first-order valence-electron chi connectivity index (χ1n) is 8.57. The highest BCUT2D eigenvalue weighted by atomic mass is 16.1. The van der Waals surface area contributed by atoms with Gasteiger partial charge in [-0.3, -0.25) is 4.79 Å². The summed E-state index contributed by atoms with van der Waals surface area (Å²) < 4.78 is 0. The van der Waals surface area contributed by atoms with Crippen LogP contribution in [0.25, 0.3) is 11.0 Å². The number of fused-ring (bicyclic) bond motifs is 6. The van der Waals surface area contributed by atoms with Gasteiger partial charge in [-0.2, -0.15) is 5.26 Å². The molecule has 0 radical (unpaired) electrons. The third-order valence-electron chi connectivity index (χ3n) is 6.48. The maximum absolute atomic E-state index is 12.9. The van der Waals surface area contributed by atoms with Crippen LogP contribution in [0.3, 0.4) is 0 Å². The van der Waals surface area contributed by atoms with E-state index in [1.165, 1.54) is 19.3 Å². The van der Waals surface area contributed by atoms with Crippen LogP contribution in [0, 0.1) is 47.8 Å². The molecule has 23 heavy (non-hydrogen) atoms. The standard InChI is InChI=1S/C19H19N3O/c1-9-3-2-4-13-17(9)22-19(21-13)12(8-20)18(23)16-14-10-5-6-11(7-10)15(14)16/h2-4,10-12,14-16H,5-7H2,1H3,(H,21,22)/t10-,11+,12?,14+,15-,16?. The fourth-order valence-electron chi connectivity index (χ4n) is 5.49. The summed E-state index contributed by atoms with van der Waals surface area (Å²) >= 11 is 0. The number of imidazole rings is 1. The summed E-state index contributed by atoms with van der Waals surface area (Å²) in [6.45, 7) is 2.00. The van der Waals surface area contributed by atoms with Crippen LogP contribution < -0.4 is 0 Å². The lowest BCUT2D eigenvalue weighted by atomic mass is 9.93. The van der Waals surface area contributed by atoms with Gasteiger partial charge in [-0.1, -0.05) is 12.1 Å². The Labute approximate surface area is 134 Å². The van der Waals surface area contributed by atoms with Crippen LogP contribution in [-0.4, -0.2) is 15.8 Å². The Balaban J connectivity index is 1.47. The Hall–Kier alpha value is -2.15. The van der Waals surface area contributed by atoms with E-state index in [4.69, 9.17) is 0 Å². The van der Waals surface area contributed by atoms with Crippen molar-refractivity contribution < 1.29 is 4.79 Å². The third kappa shape index (κ3) is 1.71. The fraction of sp³-hybridized carbons (Fsp3) is 0.526. The van der Waals surface area contributed by atoms with E-state index in [0.29, 0.717) is 17.7 Å². The number of nitrogens with zero attached hydrogens (tertiary/aromatic N) is 2. The van der Waals surface area contributed by atoms with Gasteiger partial charge in [0, 0.05) is 5.92 Å². The molecule has 6 atom stereocenters. The number of ketones is 1. The Morgan fingerprint density at radius 3 is 2.74 bits per heavy atom. The number of hydrogen-bond donors (Lipinski definition) is 1. The molecule has 116 valence electrons. The number of aromatic amines is 1. The number of carbonyl (C=O) groups is 1. The average molecular weight is 305 g/mol. The summed E-state index contributed by atoms with van der Waals surface area (Å²) in [7, 11) is 0. The Kier molecular flexibility index (Phi) is 2.57. The lowest BCUT2D eigenvalue weighted by molar-refractivity contribution is -0.121. The number of nitrogens with one attached hydrogen (secondary N) is 1. The molecule has 0 aliphatic heterocycles. The van der Waals surface area contributed by atoms with Gasteiger partial charge < -0.3 is 4.98 Å². The monoisotopic (exact) mass is 305 g/mol. The SMILES string of the molecule is Cc1cccc2[nH]c(C(C#N)C(=O)C3[C@@H]4[C@H]5CC[C@H](C5)[C@H]34)nc12. The molecule has 0 saturated heterocycles. The first-order valence-corrected chi connectivity index (χ1v) is 8.57. The molecule has 1 aromatic heterocycles. The molecular weight excluding hydrogens is 286 g/mol. The van der Waals surface area contributed by atoms with Crippen LogP contribution >= 0.6 is 0 Å². The zero-order valence-electron chi connectivity index (χ0n) is 13.1. The van der Waals surface area contributed by atoms with E-state index in [2.05, 4.69) is 16.0 Å². The number of aryl methyl sites for hydroxylation is 1. The smallest absolute Gasteiger partial charge is 0.162 e. The van der Waals surface area contributed by atoms with E-state index in [9.17, 15) is 10.1 Å². The number of carbonyl (C=O) groups excluding carboxylic acids is 1. The van der Waals surface area contributed by atoms with Crippen molar-refractivity contribution in [3.63, 3.8) is 0 Å². The van der Waals surface area contributed by atoms with Crippen molar-refractivity contribution in [3.8, 4) is 6.07 Å².